The van der Waals surface area contributed by atoms with Crippen molar-refractivity contribution in [3.63, 3.8) is 0 Å². The van der Waals surface area contributed by atoms with Crippen molar-refractivity contribution in [3.05, 3.63) is 179 Å². The summed E-state index contributed by atoms with van der Waals surface area (Å²) in [6.45, 7) is 1.60. The molecule has 2 heterocycles. The predicted octanol–water partition coefficient (Wildman–Crippen LogP) is 7.03. The van der Waals surface area contributed by atoms with Gasteiger partial charge >= 0.3 is 0 Å². The molecule has 5 aromatic carbocycles. The molecule has 10 atom stereocenters. The van der Waals surface area contributed by atoms with Crippen molar-refractivity contribution in [1.29, 1.82) is 0 Å². The average molecular weight is 821 g/mol. The maximum Gasteiger partial charge on any atom is 0.186 e. The Morgan fingerprint density at radius 1 is 0.383 bits per heavy atom. The second-order valence-corrected chi connectivity index (χ2v) is 14.9. The topological polar surface area (TPSA) is 113 Å². The lowest BCUT2D eigenvalue weighted by Crippen LogP contribution is -2.64. The molecule has 7 rings (SSSR count). The van der Waals surface area contributed by atoms with Crippen LogP contribution in [0.5, 0.6) is 0 Å². The van der Waals surface area contributed by atoms with Crippen molar-refractivity contribution in [2.24, 2.45) is 0 Å². The SMILES string of the molecule is CO[C@H]1O[C@H](COCc2ccccc2)[C@@H](OCc2ccccc2)[C@H](OC[C@H]2O[C@H](OC)[C@H](OCc3ccccc3)[C@@H](OCc3ccccc3)[C@@H]2OCc2ccccc2)[C@H]1O. The van der Waals surface area contributed by atoms with Crippen molar-refractivity contribution < 1.29 is 52.5 Å². The van der Waals surface area contributed by atoms with Gasteiger partial charge in [0.25, 0.3) is 0 Å². The number of hydrogen-bond acceptors (Lipinski definition) is 11. The minimum absolute atomic E-state index is 0.0309. The first-order valence-corrected chi connectivity index (χ1v) is 20.5. The Hall–Kier alpha value is -4.34. The summed E-state index contributed by atoms with van der Waals surface area (Å²) in [7, 11) is 3.07. The Morgan fingerprint density at radius 3 is 1.17 bits per heavy atom. The molecule has 0 unspecified atom stereocenters. The molecule has 0 amide bonds. The van der Waals surface area contributed by atoms with Crippen molar-refractivity contribution in [2.45, 2.75) is 94.4 Å². The molecular formula is C49H56O11. The highest BCUT2D eigenvalue weighted by atomic mass is 16.7. The molecule has 1 N–H and O–H groups in total. The van der Waals surface area contributed by atoms with E-state index in [-0.39, 0.29) is 26.4 Å². The summed E-state index contributed by atoms with van der Waals surface area (Å²) in [5, 5.41) is 11.8. The molecule has 0 spiro atoms. The van der Waals surface area contributed by atoms with Crippen LogP contribution in [0.15, 0.2) is 152 Å². The fourth-order valence-corrected chi connectivity index (χ4v) is 7.53. The van der Waals surface area contributed by atoms with E-state index < -0.39 is 61.4 Å². The third-order valence-electron chi connectivity index (χ3n) is 10.7. The lowest BCUT2D eigenvalue weighted by atomic mass is 9.96. The molecule has 2 aliphatic heterocycles. The van der Waals surface area contributed by atoms with Gasteiger partial charge in [-0.1, -0.05) is 152 Å². The molecule has 0 saturated carbocycles. The summed E-state index contributed by atoms with van der Waals surface area (Å²) in [5.74, 6) is 0. The number of ether oxygens (including phenoxy) is 10. The minimum Gasteiger partial charge on any atom is -0.385 e. The van der Waals surface area contributed by atoms with Gasteiger partial charge in [0.05, 0.1) is 46.2 Å². The van der Waals surface area contributed by atoms with Crippen molar-refractivity contribution in [2.75, 3.05) is 27.4 Å². The van der Waals surface area contributed by atoms with Gasteiger partial charge in [0, 0.05) is 14.2 Å². The van der Waals surface area contributed by atoms with Crippen LogP contribution in [0.2, 0.25) is 0 Å². The van der Waals surface area contributed by atoms with Gasteiger partial charge in [0.1, 0.15) is 48.8 Å². The zero-order chi connectivity index (χ0) is 41.4. The average Bonchev–Trinajstić information content (AvgIpc) is 3.30. The molecule has 318 valence electrons. The van der Waals surface area contributed by atoms with Gasteiger partial charge in [-0.05, 0) is 27.8 Å². The Bertz CT molecular complexity index is 1910. The van der Waals surface area contributed by atoms with Gasteiger partial charge < -0.3 is 52.5 Å². The second kappa shape index (κ2) is 23.0. The Kier molecular flexibility index (Phi) is 16.8. The van der Waals surface area contributed by atoms with Gasteiger partial charge in [-0.25, -0.2) is 0 Å². The van der Waals surface area contributed by atoms with E-state index in [0.29, 0.717) is 19.8 Å². The van der Waals surface area contributed by atoms with E-state index >= 15 is 0 Å². The molecule has 0 bridgehead atoms. The number of rotatable bonds is 21. The number of hydrogen-bond donors (Lipinski definition) is 1. The van der Waals surface area contributed by atoms with Crippen LogP contribution < -0.4 is 0 Å². The Balaban J connectivity index is 1.16. The van der Waals surface area contributed by atoms with E-state index in [9.17, 15) is 5.11 Å². The first kappa shape index (κ1) is 43.7. The van der Waals surface area contributed by atoms with Gasteiger partial charge in [-0.3, -0.25) is 0 Å². The van der Waals surface area contributed by atoms with Gasteiger partial charge in [-0.15, -0.1) is 0 Å². The van der Waals surface area contributed by atoms with Gasteiger partial charge in [-0.2, -0.15) is 0 Å². The molecule has 2 aliphatic rings. The highest BCUT2D eigenvalue weighted by Gasteiger charge is 2.51. The van der Waals surface area contributed by atoms with Crippen LogP contribution in [0.1, 0.15) is 27.8 Å². The van der Waals surface area contributed by atoms with Gasteiger partial charge in [0.2, 0.25) is 0 Å². The maximum absolute atomic E-state index is 11.8. The monoisotopic (exact) mass is 820 g/mol. The molecule has 0 aromatic heterocycles. The van der Waals surface area contributed by atoms with Gasteiger partial charge in [0.15, 0.2) is 12.6 Å². The van der Waals surface area contributed by atoms with Crippen molar-refractivity contribution >= 4 is 0 Å². The summed E-state index contributed by atoms with van der Waals surface area (Å²) >= 11 is 0. The first-order valence-electron chi connectivity index (χ1n) is 20.5. The van der Waals surface area contributed by atoms with E-state index in [1.807, 2.05) is 152 Å². The predicted molar refractivity (Wildman–Crippen MR) is 223 cm³/mol. The van der Waals surface area contributed by atoms with Crippen LogP contribution >= 0.6 is 0 Å². The van der Waals surface area contributed by atoms with Crippen LogP contribution in [0.3, 0.4) is 0 Å². The van der Waals surface area contributed by atoms with E-state index in [4.69, 9.17) is 47.4 Å². The number of aliphatic hydroxyl groups is 1. The third kappa shape index (κ3) is 12.2. The summed E-state index contributed by atoms with van der Waals surface area (Å²) < 4.78 is 64.4. The van der Waals surface area contributed by atoms with E-state index in [0.717, 1.165) is 27.8 Å². The fraction of sp³-hybridized carbons (Fsp3) is 0.388. The van der Waals surface area contributed by atoms with Crippen molar-refractivity contribution in [3.8, 4) is 0 Å². The molecule has 5 aromatic rings. The van der Waals surface area contributed by atoms with E-state index in [2.05, 4.69) is 0 Å². The third-order valence-corrected chi connectivity index (χ3v) is 10.7. The van der Waals surface area contributed by atoms with Crippen LogP contribution in [0.4, 0.5) is 0 Å². The quantitative estimate of drug-likeness (QED) is 0.0824. The molecule has 0 aliphatic carbocycles. The van der Waals surface area contributed by atoms with Crippen LogP contribution in [-0.2, 0) is 80.4 Å². The molecule has 60 heavy (non-hydrogen) atoms. The largest absolute Gasteiger partial charge is 0.385 e. The maximum atomic E-state index is 11.8. The lowest BCUT2D eigenvalue weighted by molar-refractivity contribution is -0.338. The lowest BCUT2D eigenvalue weighted by Gasteiger charge is -2.47. The summed E-state index contributed by atoms with van der Waals surface area (Å²) in [4.78, 5) is 0. The van der Waals surface area contributed by atoms with Crippen molar-refractivity contribution in [1.82, 2.24) is 0 Å². The second-order valence-electron chi connectivity index (χ2n) is 14.9. The Labute approximate surface area is 353 Å². The molecule has 11 nitrogen and oxygen atoms in total. The van der Waals surface area contributed by atoms with Crippen LogP contribution in [0.25, 0.3) is 0 Å². The summed E-state index contributed by atoms with van der Waals surface area (Å²) in [6, 6.07) is 49.6. The number of methoxy groups -OCH3 is 2. The van der Waals surface area contributed by atoms with E-state index in [1.54, 1.807) is 7.11 Å². The smallest absolute Gasteiger partial charge is 0.186 e. The number of benzene rings is 5. The molecule has 0 radical (unpaired) electrons. The Morgan fingerprint density at radius 2 is 0.733 bits per heavy atom. The fourth-order valence-electron chi connectivity index (χ4n) is 7.53. The van der Waals surface area contributed by atoms with Crippen LogP contribution in [-0.4, -0.2) is 94.0 Å². The molecular weight excluding hydrogens is 765 g/mol. The summed E-state index contributed by atoms with van der Waals surface area (Å²) in [6.07, 6.45) is -8.23. The standard InChI is InChI=1S/C49H56O11/c1-51-48-42(50)45(43(54-29-36-20-10-4-11-21-36)40(59-48)33-53-28-35-18-8-3-9-19-35)58-34-41-44(55-30-37-22-12-5-13-23-37)46(56-31-38-24-14-6-15-25-38)47(49(52-2)60-41)57-32-39-26-16-7-17-27-39/h3-27,40-50H,28-34H2,1-2H3/t40-,41-,42-,43-,44-,45-,46+,47-,48+,49+/m1/s1. The van der Waals surface area contributed by atoms with Crippen LogP contribution in [0, 0.1) is 0 Å². The number of aliphatic hydroxyl groups excluding tert-OH is 1. The zero-order valence-electron chi connectivity index (χ0n) is 34.2. The molecule has 2 fully saturated rings. The summed E-state index contributed by atoms with van der Waals surface area (Å²) in [5.41, 5.74) is 4.93. The first-order chi connectivity index (χ1) is 29.6. The normalized spacial score (nSPS) is 26.8. The van der Waals surface area contributed by atoms with E-state index in [1.165, 1.54) is 7.11 Å². The zero-order valence-corrected chi connectivity index (χ0v) is 34.2. The molecule has 2 saturated heterocycles. The molecule has 11 heteroatoms. The highest BCUT2D eigenvalue weighted by Crippen LogP contribution is 2.33. The minimum atomic E-state index is -1.22. The highest BCUT2D eigenvalue weighted by molar-refractivity contribution is 5.17.